The van der Waals surface area contributed by atoms with Crippen molar-refractivity contribution < 1.29 is 19.0 Å². The number of aromatic amines is 1. The lowest BCUT2D eigenvalue weighted by Crippen LogP contribution is -2.67. The molecule has 162 valence electrons. The molecule has 3 fully saturated rings. The monoisotopic (exact) mass is 412 g/mol. The number of fused-ring (bicyclic) bond motifs is 4. The summed E-state index contributed by atoms with van der Waals surface area (Å²) < 4.78 is 16.5. The summed E-state index contributed by atoms with van der Waals surface area (Å²) in [7, 11) is 3.40. The van der Waals surface area contributed by atoms with Crippen LogP contribution >= 0.6 is 0 Å². The lowest BCUT2D eigenvalue weighted by molar-refractivity contribution is -0.167. The highest BCUT2D eigenvalue weighted by atomic mass is 16.6. The zero-order valence-corrected chi connectivity index (χ0v) is 18.0. The van der Waals surface area contributed by atoms with Crippen LogP contribution < -0.4 is 0 Å². The molecular formula is C24H32N2O4. The Morgan fingerprint density at radius 2 is 2.03 bits per heavy atom. The molecule has 1 aromatic heterocycles. The number of carbonyl (C=O) groups is 1. The van der Waals surface area contributed by atoms with Gasteiger partial charge in [0.25, 0.3) is 0 Å². The predicted molar refractivity (Wildman–Crippen MR) is 115 cm³/mol. The van der Waals surface area contributed by atoms with Crippen LogP contribution in [0.25, 0.3) is 10.9 Å². The van der Waals surface area contributed by atoms with E-state index in [9.17, 15) is 4.79 Å². The molecule has 0 amide bonds. The van der Waals surface area contributed by atoms with Crippen molar-refractivity contribution >= 4 is 16.9 Å². The van der Waals surface area contributed by atoms with Crippen molar-refractivity contribution in [2.75, 3.05) is 47.1 Å². The van der Waals surface area contributed by atoms with Gasteiger partial charge in [0.05, 0.1) is 6.61 Å². The summed E-state index contributed by atoms with van der Waals surface area (Å²) in [6, 6.07) is 8.60. The smallest absolute Gasteiger partial charge is 0.319 e. The lowest BCUT2D eigenvalue weighted by Gasteiger charge is -2.58. The van der Waals surface area contributed by atoms with Crippen LogP contribution in [0.4, 0.5) is 0 Å². The summed E-state index contributed by atoms with van der Waals surface area (Å²) in [6.45, 7) is 3.53. The summed E-state index contributed by atoms with van der Waals surface area (Å²) in [6.07, 6.45) is 3.99. The van der Waals surface area contributed by atoms with Crippen molar-refractivity contribution in [1.82, 2.24) is 9.88 Å². The van der Waals surface area contributed by atoms with Crippen molar-refractivity contribution in [2.45, 2.75) is 37.1 Å². The van der Waals surface area contributed by atoms with Gasteiger partial charge in [-0.2, -0.15) is 0 Å². The molecule has 1 saturated carbocycles. The summed E-state index contributed by atoms with van der Waals surface area (Å²) in [5.74, 6) is 0.852. The number of piperidine rings is 2. The SMILES string of the molecule is COCCOC(=O)[C@@]12CC3C[C@H](CCOC)[C@@H]1N(CCc1c2[nH]c2ccccc12)C3. The van der Waals surface area contributed by atoms with Crippen LogP contribution in [0.3, 0.4) is 0 Å². The summed E-state index contributed by atoms with van der Waals surface area (Å²) >= 11 is 0. The van der Waals surface area contributed by atoms with Crippen LogP contribution in [-0.2, 0) is 30.8 Å². The zero-order chi connectivity index (χ0) is 20.7. The maximum absolute atomic E-state index is 13.9. The fraction of sp³-hybridized carbons (Fsp3) is 0.625. The van der Waals surface area contributed by atoms with Crippen molar-refractivity contribution in [1.29, 1.82) is 0 Å². The van der Waals surface area contributed by atoms with Gasteiger partial charge in [-0.05, 0) is 49.1 Å². The standard InChI is InChI=1S/C24H32N2O4/c1-28-10-8-17-13-16-14-24(23(27)30-12-11-29-2)21-19(7-9-26(15-16)22(17)24)18-5-3-4-6-20(18)25-21/h3-6,16-17,22,25H,7-15H2,1-2H3/t16?,17-,22-,24+/m0/s1. The van der Waals surface area contributed by atoms with Gasteiger partial charge in [-0.3, -0.25) is 9.69 Å². The number of hydrogen-bond donors (Lipinski definition) is 1. The maximum atomic E-state index is 13.9. The summed E-state index contributed by atoms with van der Waals surface area (Å²) in [4.78, 5) is 20.1. The first-order valence-corrected chi connectivity index (χ1v) is 11.2. The molecule has 5 atom stereocenters. The number of aromatic nitrogens is 1. The van der Waals surface area contributed by atoms with E-state index in [4.69, 9.17) is 14.2 Å². The second kappa shape index (κ2) is 7.98. The quantitative estimate of drug-likeness (QED) is 0.560. The third-order valence-electron chi connectivity index (χ3n) is 7.57. The van der Waals surface area contributed by atoms with Crippen molar-refractivity contribution in [2.24, 2.45) is 11.8 Å². The Kier molecular flexibility index (Phi) is 5.33. The van der Waals surface area contributed by atoms with Crippen LogP contribution in [0, 0.1) is 11.8 Å². The van der Waals surface area contributed by atoms with Crippen molar-refractivity contribution in [3.63, 3.8) is 0 Å². The highest BCUT2D eigenvalue weighted by Gasteiger charge is 2.63. The predicted octanol–water partition coefficient (Wildman–Crippen LogP) is 2.90. The molecule has 1 aliphatic carbocycles. The lowest BCUT2D eigenvalue weighted by atomic mass is 9.56. The Labute approximate surface area is 177 Å². The number of esters is 1. The molecule has 0 radical (unpaired) electrons. The molecule has 6 rings (SSSR count). The van der Waals surface area contributed by atoms with E-state index in [2.05, 4.69) is 34.1 Å². The number of ether oxygens (including phenoxy) is 3. The number of nitrogens with zero attached hydrogens (tertiary/aromatic N) is 1. The van der Waals surface area contributed by atoms with Crippen LogP contribution in [0.1, 0.15) is 30.5 Å². The van der Waals surface area contributed by atoms with Crippen LogP contribution in [0.15, 0.2) is 24.3 Å². The zero-order valence-electron chi connectivity index (χ0n) is 18.0. The first-order valence-electron chi connectivity index (χ1n) is 11.2. The Bertz CT molecular complexity index is 925. The van der Waals surface area contributed by atoms with E-state index < -0.39 is 5.41 Å². The topological polar surface area (TPSA) is 63.8 Å². The molecule has 6 heteroatoms. The van der Waals surface area contributed by atoms with Gasteiger partial charge < -0.3 is 19.2 Å². The van der Waals surface area contributed by atoms with Gasteiger partial charge in [-0.15, -0.1) is 0 Å². The highest BCUT2D eigenvalue weighted by molar-refractivity contribution is 5.91. The Morgan fingerprint density at radius 1 is 1.20 bits per heavy atom. The molecule has 1 aromatic carbocycles. The van der Waals surface area contributed by atoms with Gasteiger partial charge in [0.15, 0.2) is 0 Å². The normalized spacial score (nSPS) is 32.1. The molecule has 1 N–H and O–H groups in total. The Morgan fingerprint density at radius 3 is 2.87 bits per heavy atom. The molecule has 2 aromatic rings. The molecule has 6 nitrogen and oxygen atoms in total. The number of para-hydroxylation sites is 1. The van der Waals surface area contributed by atoms with Crippen LogP contribution in [0.5, 0.6) is 0 Å². The number of benzene rings is 1. The van der Waals surface area contributed by atoms with Crippen molar-refractivity contribution in [3.8, 4) is 0 Å². The second-order valence-corrected chi connectivity index (χ2v) is 9.16. The van der Waals surface area contributed by atoms with E-state index in [0.717, 1.165) is 50.2 Å². The molecule has 2 unspecified atom stereocenters. The van der Waals surface area contributed by atoms with Gasteiger partial charge in [-0.25, -0.2) is 0 Å². The summed E-state index contributed by atoms with van der Waals surface area (Å²) in [5.41, 5.74) is 2.88. The average Bonchev–Trinajstić information content (AvgIpc) is 3.10. The van der Waals surface area contributed by atoms with Gasteiger partial charge in [0.1, 0.15) is 12.0 Å². The number of rotatable bonds is 7. The first kappa shape index (κ1) is 20.0. The van der Waals surface area contributed by atoms with Gasteiger partial charge in [0.2, 0.25) is 0 Å². The first-order chi connectivity index (χ1) is 14.7. The molecule has 2 saturated heterocycles. The number of nitrogens with one attached hydrogen (secondary N) is 1. The molecule has 0 spiro atoms. The van der Waals surface area contributed by atoms with Crippen molar-refractivity contribution in [3.05, 3.63) is 35.5 Å². The van der Waals surface area contributed by atoms with E-state index >= 15 is 0 Å². The minimum Gasteiger partial charge on any atom is -0.462 e. The fourth-order valence-corrected chi connectivity index (χ4v) is 6.59. The average molecular weight is 413 g/mol. The van der Waals surface area contributed by atoms with Gasteiger partial charge in [0, 0.05) is 56.6 Å². The molecule has 3 aliphatic heterocycles. The molecule has 4 heterocycles. The molecule has 4 aliphatic rings. The van der Waals surface area contributed by atoms with E-state index in [0.29, 0.717) is 25.0 Å². The van der Waals surface area contributed by atoms with E-state index in [1.807, 2.05) is 0 Å². The number of carbonyl (C=O) groups excluding carboxylic acids is 1. The minimum atomic E-state index is -0.641. The minimum absolute atomic E-state index is 0.0870. The third-order valence-corrected chi connectivity index (χ3v) is 7.57. The molecular weight excluding hydrogens is 380 g/mol. The van der Waals surface area contributed by atoms with E-state index in [1.165, 1.54) is 17.4 Å². The van der Waals surface area contributed by atoms with Gasteiger partial charge in [-0.1, -0.05) is 18.2 Å². The Hall–Kier alpha value is -1.89. The largest absolute Gasteiger partial charge is 0.462 e. The van der Waals surface area contributed by atoms with Crippen LogP contribution in [0.2, 0.25) is 0 Å². The highest BCUT2D eigenvalue weighted by Crippen LogP contribution is 2.55. The second-order valence-electron chi connectivity index (χ2n) is 9.16. The maximum Gasteiger partial charge on any atom is 0.319 e. The van der Waals surface area contributed by atoms with E-state index in [-0.39, 0.29) is 12.0 Å². The third kappa shape index (κ3) is 3.00. The fourth-order valence-electron chi connectivity index (χ4n) is 6.59. The van der Waals surface area contributed by atoms with E-state index in [1.54, 1.807) is 14.2 Å². The molecule has 4 bridgehead atoms. The number of hydrogen-bond acceptors (Lipinski definition) is 5. The summed E-state index contributed by atoms with van der Waals surface area (Å²) in [5, 5.41) is 1.25. The van der Waals surface area contributed by atoms with Crippen LogP contribution in [-0.4, -0.2) is 69.0 Å². The molecule has 30 heavy (non-hydrogen) atoms. The van der Waals surface area contributed by atoms with Gasteiger partial charge >= 0.3 is 5.97 Å². The number of H-pyrrole nitrogens is 1. The Balaban J connectivity index is 1.65. The number of methoxy groups -OCH3 is 2.